The van der Waals surface area contributed by atoms with Crippen LogP contribution in [0.5, 0.6) is 0 Å². The van der Waals surface area contributed by atoms with Gasteiger partial charge in [0, 0.05) is 40.0 Å². The minimum absolute atomic E-state index is 0.224. The number of hydrogen-bond acceptors (Lipinski definition) is 6. The van der Waals surface area contributed by atoms with Crippen LogP contribution in [-0.2, 0) is 0 Å². The molecule has 0 aliphatic carbocycles. The number of carbonyl (C=O) groups is 1. The van der Waals surface area contributed by atoms with E-state index < -0.39 is 0 Å². The number of aromatic nitrogens is 4. The fourth-order valence-corrected chi connectivity index (χ4v) is 4.05. The third kappa shape index (κ3) is 3.72. The third-order valence-electron chi connectivity index (χ3n) is 4.78. The summed E-state index contributed by atoms with van der Waals surface area (Å²) < 4.78 is 0. The molecule has 7 nitrogen and oxygen atoms in total. The number of aromatic amines is 1. The summed E-state index contributed by atoms with van der Waals surface area (Å²) in [6, 6.07) is 18.3. The number of nitrogens with one attached hydrogen (secondary N) is 2. The molecule has 8 heteroatoms. The van der Waals surface area contributed by atoms with Gasteiger partial charge in [0.2, 0.25) is 0 Å². The van der Waals surface area contributed by atoms with Gasteiger partial charge >= 0.3 is 0 Å². The van der Waals surface area contributed by atoms with Crippen LogP contribution in [0.25, 0.3) is 32.6 Å². The van der Waals surface area contributed by atoms with E-state index in [4.69, 9.17) is 0 Å². The van der Waals surface area contributed by atoms with Crippen LogP contribution in [0.2, 0.25) is 0 Å². The SMILES string of the molecule is O=C(Nc1ccc(-c2n[nH]c(=O)c3ccccc23)cc1)c1csc(-c2ccncc2)n1. The number of pyridine rings is 1. The van der Waals surface area contributed by atoms with Gasteiger partial charge in [-0.25, -0.2) is 10.1 Å². The van der Waals surface area contributed by atoms with Crippen molar-refractivity contribution in [3.63, 3.8) is 0 Å². The third-order valence-corrected chi connectivity index (χ3v) is 5.67. The van der Waals surface area contributed by atoms with E-state index in [-0.39, 0.29) is 11.5 Å². The van der Waals surface area contributed by atoms with Crippen molar-refractivity contribution in [1.82, 2.24) is 20.2 Å². The Balaban J connectivity index is 1.37. The summed E-state index contributed by atoms with van der Waals surface area (Å²) >= 11 is 1.41. The lowest BCUT2D eigenvalue weighted by Gasteiger charge is -2.07. The molecule has 0 saturated heterocycles. The van der Waals surface area contributed by atoms with Crippen LogP contribution >= 0.6 is 11.3 Å². The van der Waals surface area contributed by atoms with Gasteiger partial charge in [-0.2, -0.15) is 5.10 Å². The molecule has 31 heavy (non-hydrogen) atoms. The Bertz CT molecular complexity index is 1440. The van der Waals surface area contributed by atoms with E-state index in [1.54, 1.807) is 36.0 Å². The Morgan fingerprint density at radius 1 is 0.903 bits per heavy atom. The largest absolute Gasteiger partial charge is 0.321 e. The Hall–Kier alpha value is -4.17. The maximum atomic E-state index is 12.6. The zero-order valence-corrected chi connectivity index (χ0v) is 16.9. The van der Waals surface area contributed by atoms with Crippen molar-refractivity contribution >= 4 is 33.7 Å². The standard InChI is InChI=1S/C23H15N5O2S/c29-21-18-4-2-1-3-17(18)20(27-28-21)14-5-7-16(8-6-14)25-22(30)19-13-31-23(26-19)15-9-11-24-12-10-15/h1-13H,(H,25,30)(H,28,29). The summed E-state index contributed by atoms with van der Waals surface area (Å²) in [6.07, 6.45) is 3.39. The average molecular weight is 425 g/mol. The highest BCUT2D eigenvalue weighted by atomic mass is 32.1. The number of hydrogen-bond donors (Lipinski definition) is 2. The molecular weight excluding hydrogens is 410 g/mol. The lowest BCUT2D eigenvalue weighted by atomic mass is 10.0. The fraction of sp³-hybridized carbons (Fsp3) is 0. The van der Waals surface area contributed by atoms with E-state index in [1.165, 1.54) is 11.3 Å². The van der Waals surface area contributed by atoms with Crippen molar-refractivity contribution in [2.75, 3.05) is 5.32 Å². The number of carbonyl (C=O) groups excluding carboxylic acids is 1. The van der Waals surface area contributed by atoms with Gasteiger partial charge in [0.1, 0.15) is 10.7 Å². The Morgan fingerprint density at radius 3 is 2.42 bits per heavy atom. The number of anilines is 1. The highest BCUT2D eigenvalue weighted by Gasteiger charge is 2.13. The number of thiazole rings is 1. The number of nitrogens with zero attached hydrogens (tertiary/aromatic N) is 3. The predicted molar refractivity (Wildman–Crippen MR) is 121 cm³/mol. The van der Waals surface area contributed by atoms with Gasteiger partial charge in [0.25, 0.3) is 11.5 Å². The van der Waals surface area contributed by atoms with Crippen LogP contribution < -0.4 is 10.9 Å². The second-order valence-electron chi connectivity index (χ2n) is 6.75. The van der Waals surface area contributed by atoms with Crippen molar-refractivity contribution in [2.45, 2.75) is 0 Å². The Morgan fingerprint density at radius 2 is 1.65 bits per heavy atom. The molecule has 5 rings (SSSR count). The average Bonchev–Trinajstić information content (AvgIpc) is 3.32. The van der Waals surface area contributed by atoms with Crippen molar-refractivity contribution in [2.24, 2.45) is 0 Å². The topological polar surface area (TPSA) is 101 Å². The molecule has 150 valence electrons. The first-order valence-electron chi connectivity index (χ1n) is 9.44. The first-order chi connectivity index (χ1) is 15.2. The van der Waals surface area contributed by atoms with E-state index in [0.717, 1.165) is 21.5 Å². The lowest BCUT2D eigenvalue weighted by Crippen LogP contribution is -2.12. The molecule has 2 aromatic carbocycles. The van der Waals surface area contributed by atoms with Gasteiger partial charge in [-0.05, 0) is 30.3 Å². The molecule has 0 atom stereocenters. The van der Waals surface area contributed by atoms with Gasteiger partial charge in [-0.1, -0.05) is 30.3 Å². The zero-order chi connectivity index (χ0) is 21.2. The summed E-state index contributed by atoms with van der Waals surface area (Å²) in [6.45, 7) is 0. The van der Waals surface area contributed by atoms with E-state index in [9.17, 15) is 9.59 Å². The first kappa shape index (κ1) is 18.8. The maximum absolute atomic E-state index is 12.6. The number of H-pyrrole nitrogens is 1. The highest BCUT2D eigenvalue weighted by molar-refractivity contribution is 7.13. The predicted octanol–water partition coefficient (Wildman–Crippen LogP) is 4.36. The second-order valence-corrected chi connectivity index (χ2v) is 7.61. The molecule has 0 radical (unpaired) electrons. The van der Waals surface area contributed by atoms with Gasteiger partial charge < -0.3 is 5.32 Å². The van der Waals surface area contributed by atoms with Crippen molar-refractivity contribution in [3.8, 4) is 21.8 Å². The van der Waals surface area contributed by atoms with E-state index in [0.29, 0.717) is 22.5 Å². The molecule has 0 aliphatic rings. The van der Waals surface area contributed by atoms with Gasteiger partial charge in [0.05, 0.1) is 11.1 Å². The number of rotatable bonds is 4. The molecule has 0 unspecified atom stereocenters. The summed E-state index contributed by atoms with van der Waals surface area (Å²) in [4.78, 5) is 33.0. The van der Waals surface area contributed by atoms with Crippen LogP contribution in [0.15, 0.2) is 83.2 Å². The van der Waals surface area contributed by atoms with Crippen LogP contribution in [0, 0.1) is 0 Å². The molecule has 0 saturated carbocycles. The smallest absolute Gasteiger partial charge is 0.275 e. The van der Waals surface area contributed by atoms with Crippen molar-refractivity contribution in [3.05, 3.63) is 94.5 Å². The quantitative estimate of drug-likeness (QED) is 0.446. The molecule has 0 spiro atoms. The minimum atomic E-state index is -0.281. The van der Waals surface area contributed by atoms with E-state index in [1.807, 2.05) is 42.5 Å². The number of amides is 1. The van der Waals surface area contributed by atoms with E-state index >= 15 is 0 Å². The highest BCUT2D eigenvalue weighted by Crippen LogP contribution is 2.26. The first-order valence-corrected chi connectivity index (χ1v) is 10.3. The number of benzene rings is 2. The summed E-state index contributed by atoms with van der Waals surface area (Å²) in [5.74, 6) is -0.281. The van der Waals surface area contributed by atoms with Crippen LogP contribution in [0.4, 0.5) is 5.69 Å². The molecule has 1 amide bonds. The van der Waals surface area contributed by atoms with Crippen LogP contribution in [-0.4, -0.2) is 26.1 Å². The monoisotopic (exact) mass is 425 g/mol. The Kier molecular flexibility index (Phi) is 4.81. The maximum Gasteiger partial charge on any atom is 0.275 e. The molecule has 0 fully saturated rings. The molecule has 3 aromatic heterocycles. The lowest BCUT2D eigenvalue weighted by molar-refractivity contribution is 0.102. The molecule has 3 heterocycles. The minimum Gasteiger partial charge on any atom is -0.321 e. The Labute approximate surface area is 180 Å². The molecule has 0 bridgehead atoms. The summed E-state index contributed by atoms with van der Waals surface area (Å²) in [7, 11) is 0. The van der Waals surface area contributed by atoms with Crippen molar-refractivity contribution in [1.29, 1.82) is 0 Å². The zero-order valence-electron chi connectivity index (χ0n) is 16.1. The van der Waals surface area contributed by atoms with Gasteiger partial charge in [-0.15, -0.1) is 11.3 Å². The molecule has 2 N–H and O–H groups in total. The number of fused-ring (bicyclic) bond motifs is 1. The van der Waals surface area contributed by atoms with Crippen molar-refractivity contribution < 1.29 is 4.79 Å². The van der Waals surface area contributed by atoms with Crippen LogP contribution in [0.3, 0.4) is 0 Å². The fourth-order valence-electron chi connectivity index (χ4n) is 3.25. The van der Waals surface area contributed by atoms with Gasteiger partial charge in [0.15, 0.2) is 0 Å². The summed E-state index contributed by atoms with van der Waals surface area (Å²) in [5, 5.41) is 13.5. The van der Waals surface area contributed by atoms with E-state index in [2.05, 4.69) is 25.5 Å². The second kappa shape index (κ2) is 7.92. The normalized spacial score (nSPS) is 10.8. The van der Waals surface area contributed by atoms with Gasteiger partial charge in [-0.3, -0.25) is 14.6 Å². The molecule has 0 aliphatic heterocycles. The molecular formula is C23H15N5O2S. The summed E-state index contributed by atoms with van der Waals surface area (Å²) in [5.41, 5.74) is 3.20. The van der Waals surface area contributed by atoms with Crippen LogP contribution in [0.1, 0.15) is 10.5 Å². The molecule has 5 aromatic rings.